The molecule has 0 aliphatic heterocycles. The highest BCUT2D eigenvalue weighted by Gasteiger charge is 2.10. The highest BCUT2D eigenvalue weighted by molar-refractivity contribution is 6.33. The number of nitrogens with zero attached hydrogens (tertiary/aromatic N) is 1. The van der Waals surface area contributed by atoms with Crippen molar-refractivity contribution >= 4 is 23.1 Å². The Labute approximate surface area is 105 Å². The largest absolute Gasteiger partial charge is 0.478 e. The highest BCUT2D eigenvalue weighted by Crippen LogP contribution is 2.21. The van der Waals surface area contributed by atoms with Gasteiger partial charge in [-0.15, -0.1) is 0 Å². The van der Waals surface area contributed by atoms with Crippen LogP contribution in [0.1, 0.15) is 23.0 Å². The summed E-state index contributed by atoms with van der Waals surface area (Å²) in [6, 6.07) is 1.53. The number of aromatic carboxylic acids is 1. The van der Waals surface area contributed by atoms with E-state index in [-0.39, 0.29) is 10.6 Å². The molecule has 88 valence electrons. The predicted octanol–water partition coefficient (Wildman–Crippen LogP) is 3.58. The molecule has 0 spiro atoms. The summed E-state index contributed by atoms with van der Waals surface area (Å²) in [5.41, 5.74) is 1.42. The zero-order chi connectivity index (χ0) is 12.8. The van der Waals surface area contributed by atoms with Crippen molar-refractivity contribution < 1.29 is 9.90 Å². The summed E-state index contributed by atoms with van der Waals surface area (Å²) < 4.78 is 0. The second-order valence-corrected chi connectivity index (χ2v) is 3.62. The molecule has 1 rings (SSSR count). The van der Waals surface area contributed by atoms with E-state index in [2.05, 4.69) is 11.6 Å². The van der Waals surface area contributed by atoms with Crippen LogP contribution in [0.5, 0.6) is 0 Å². The van der Waals surface area contributed by atoms with E-state index in [0.29, 0.717) is 5.69 Å². The van der Waals surface area contributed by atoms with Crippen LogP contribution < -0.4 is 0 Å². The second-order valence-electron chi connectivity index (χ2n) is 3.21. The highest BCUT2D eigenvalue weighted by atomic mass is 35.5. The molecule has 0 amide bonds. The van der Waals surface area contributed by atoms with Crippen molar-refractivity contribution in [2.24, 2.45) is 0 Å². The van der Waals surface area contributed by atoms with Crippen LogP contribution in [0.2, 0.25) is 5.02 Å². The van der Waals surface area contributed by atoms with Crippen LogP contribution in [-0.4, -0.2) is 16.1 Å². The number of aromatic nitrogens is 1. The van der Waals surface area contributed by atoms with Gasteiger partial charge in [0.1, 0.15) is 0 Å². The molecule has 0 aromatic carbocycles. The minimum Gasteiger partial charge on any atom is -0.478 e. The number of rotatable bonds is 4. The van der Waals surface area contributed by atoms with Crippen LogP contribution in [0.3, 0.4) is 0 Å². The van der Waals surface area contributed by atoms with Gasteiger partial charge in [0.15, 0.2) is 0 Å². The Bertz CT molecular complexity index is 504. The molecule has 0 saturated carbocycles. The smallest absolute Gasteiger partial charge is 0.338 e. The SMILES string of the molecule is C=C/C=C(\C=C/C)c1cc(Cl)c(C(=O)O)cn1. The third-order valence-corrected chi connectivity index (χ3v) is 2.34. The van der Waals surface area contributed by atoms with Gasteiger partial charge in [0, 0.05) is 6.20 Å². The molecular weight excluding hydrogens is 238 g/mol. The fraction of sp³-hybridized carbons (Fsp3) is 0.0769. The molecule has 0 atom stereocenters. The Balaban J connectivity index is 3.24. The fourth-order valence-corrected chi connectivity index (χ4v) is 1.51. The topological polar surface area (TPSA) is 50.2 Å². The Hall–Kier alpha value is -1.87. The van der Waals surface area contributed by atoms with Crippen LogP contribution >= 0.6 is 11.6 Å². The molecule has 1 N–H and O–H groups in total. The average Bonchev–Trinajstić information content (AvgIpc) is 2.28. The van der Waals surface area contributed by atoms with E-state index >= 15 is 0 Å². The summed E-state index contributed by atoms with van der Waals surface area (Å²) in [5.74, 6) is -1.09. The molecule has 17 heavy (non-hydrogen) atoms. The number of hydrogen-bond donors (Lipinski definition) is 1. The average molecular weight is 250 g/mol. The van der Waals surface area contributed by atoms with Crippen LogP contribution in [0.15, 0.2) is 43.1 Å². The summed E-state index contributed by atoms with van der Waals surface area (Å²) in [4.78, 5) is 14.9. The molecule has 1 aromatic heterocycles. The minimum absolute atomic E-state index is 0.00570. The van der Waals surface area contributed by atoms with E-state index in [9.17, 15) is 4.79 Å². The van der Waals surface area contributed by atoms with Crippen molar-refractivity contribution in [3.63, 3.8) is 0 Å². The van der Waals surface area contributed by atoms with Gasteiger partial charge in [0.2, 0.25) is 0 Å². The molecule has 0 saturated heterocycles. The zero-order valence-corrected chi connectivity index (χ0v) is 10.1. The van der Waals surface area contributed by atoms with Crippen LogP contribution in [0, 0.1) is 0 Å². The molecular formula is C13H12ClNO2. The minimum atomic E-state index is -1.09. The number of hydrogen-bond acceptors (Lipinski definition) is 2. The zero-order valence-electron chi connectivity index (χ0n) is 9.35. The van der Waals surface area contributed by atoms with E-state index < -0.39 is 5.97 Å². The number of carbonyl (C=O) groups is 1. The lowest BCUT2D eigenvalue weighted by atomic mass is 10.1. The number of allylic oxidation sites excluding steroid dienone is 5. The van der Waals surface area contributed by atoms with Gasteiger partial charge in [-0.1, -0.05) is 42.5 Å². The molecule has 4 heteroatoms. The summed E-state index contributed by atoms with van der Waals surface area (Å²) in [7, 11) is 0. The number of carboxylic acids is 1. The van der Waals surface area contributed by atoms with Gasteiger partial charge < -0.3 is 5.11 Å². The van der Waals surface area contributed by atoms with Gasteiger partial charge in [-0.2, -0.15) is 0 Å². The Kier molecular flexibility index (Phi) is 4.67. The Morgan fingerprint density at radius 3 is 2.76 bits per heavy atom. The lowest BCUT2D eigenvalue weighted by molar-refractivity contribution is 0.0696. The monoisotopic (exact) mass is 249 g/mol. The molecule has 0 fully saturated rings. The number of pyridine rings is 1. The maximum absolute atomic E-state index is 10.8. The summed E-state index contributed by atoms with van der Waals surface area (Å²) in [5, 5.41) is 9.00. The first-order valence-electron chi connectivity index (χ1n) is 4.94. The third-order valence-electron chi connectivity index (χ3n) is 2.02. The molecule has 1 aromatic rings. The maximum Gasteiger partial charge on any atom is 0.338 e. The maximum atomic E-state index is 10.8. The quantitative estimate of drug-likeness (QED) is 0.830. The van der Waals surface area contributed by atoms with E-state index in [4.69, 9.17) is 16.7 Å². The van der Waals surface area contributed by atoms with Crippen LogP contribution in [0.25, 0.3) is 5.57 Å². The van der Waals surface area contributed by atoms with Gasteiger partial charge in [0.05, 0.1) is 16.3 Å². The number of halogens is 1. The van der Waals surface area contributed by atoms with E-state index in [1.54, 1.807) is 12.2 Å². The number of carboxylic acid groups (broad SMARTS) is 1. The fourth-order valence-electron chi connectivity index (χ4n) is 1.28. The lowest BCUT2D eigenvalue weighted by Crippen LogP contribution is -2.00. The molecule has 0 bridgehead atoms. The standard InChI is InChI=1S/C13H12ClNO2/c1-3-5-9(6-4-2)12-7-11(14)10(8-15-12)13(16)17/h3-8H,1H2,2H3,(H,16,17)/b6-4-,9-5+. The van der Waals surface area contributed by atoms with Gasteiger partial charge in [-0.05, 0) is 18.6 Å². The molecule has 0 aliphatic rings. The second kappa shape index (κ2) is 6.01. The first-order chi connectivity index (χ1) is 8.10. The van der Waals surface area contributed by atoms with Gasteiger partial charge in [0.25, 0.3) is 0 Å². The Morgan fingerprint density at radius 1 is 1.59 bits per heavy atom. The normalized spacial score (nSPS) is 11.8. The summed E-state index contributed by atoms with van der Waals surface area (Å²) >= 11 is 5.87. The molecule has 0 unspecified atom stereocenters. The van der Waals surface area contributed by atoms with Crippen molar-refractivity contribution in [1.29, 1.82) is 0 Å². The molecule has 3 nitrogen and oxygen atoms in total. The Morgan fingerprint density at radius 2 is 2.29 bits per heavy atom. The van der Waals surface area contributed by atoms with Crippen molar-refractivity contribution in [3.05, 3.63) is 59.4 Å². The first-order valence-corrected chi connectivity index (χ1v) is 5.32. The van der Waals surface area contributed by atoms with E-state index in [1.165, 1.54) is 12.3 Å². The first kappa shape index (κ1) is 13.2. The van der Waals surface area contributed by atoms with Crippen molar-refractivity contribution in [2.45, 2.75) is 6.92 Å². The van der Waals surface area contributed by atoms with Crippen LogP contribution in [-0.2, 0) is 0 Å². The lowest BCUT2D eigenvalue weighted by Gasteiger charge is -2.04. The molecule has 0 radical (unpaired) electrons. The van der Waals surface area contributed by atoms with Crippen molar-refractivity contribution in [1.82, 2.24) is 4.98 Å². The van der Waals surface area contributed by atoms with E-state index in [1.807, 2.05) is 19.1 Å². The van der Waals surface area contributed by atoms with Gasteiger partial charge in [-0.25, -0.2) is 4.79 Å². The van der Waals surface area contributed by atoms with Crippen molar-refractivity contribution in [3.8, 4) is 0 Å². The third kappa shape index (κ3) is 3.29. The van der Waals surface area contributed by atoms with Gasteiger partial charge >= 0.3 is 5.97 Å². The predicted molar refractivity (Wildman–Crippen MR) is 69.2 cm³/mol. The molecule has 1 heterocycles. The van der Waals surface area contributed by atoms with Gasteiger partial charge in [-0.3, -0.25) is 4.98 Å². The summed E-state index contributed by atoms with van der Waals surface area (Å²) in [6.07, 6.45) is 8.37. The van der Waals surface area contributed by atoms with Crippen LogP contribution in [0.4, 0.5) is 0 Å². The molecule has 0 aliphatic carbocycles. The summed E-state index contributed by atoms with van der Waals surface area (Å²) in [6.45, 7) is 5.49. The van der Waals surface area contributed by atoms with E-state index in [0.717, 1.165) is 5.57 Å². The van der Waals surface area contributed by atoms with Crippen molar-refractivity contribution in [2.75, 3.05) is 0 Å².